The Morgan fingerprint density at radius 2 is 1.54 bits per heavy atom. The second-order valence-electron chi connectivity index (χ2n) is 11.2. The molecule has 1 aliphatic heterocycles. The van der Waals surface area contributed by atoms with E-state index in [0.29, 0.717) is 22.1 Å². The molecule has 0 aromatic heterocycles. The summed E-state index contributed by atoms with van der Waals surface area (Å²) in [6.07, 6.45) is 0.247. The number of nitrogens with one attached hydrogen (secondary N) is 1. The lowest BCUT2D eigenvalue weighted by Gasteiger charge is -2.15. The van der Waals surface area contributed by atoms with E-state index in [2.05, 4.69) is 10.3 Å². The van der Waals surface area contributed by atoms with Crippen molar-refractivity contribution < 1.29 is 35.3 Å². The summed E-state index contributed by atoms with van der Waals surface area (Å²) in [6.45, 7) is 0. The molecule has 1 atom stereocenters. The number of aliphatic hydroxyl groups excluding tert-OH is 1. The van der Waals surface area contributed by atoms with Crippen LogP contribution < -0.4 is 21.5 Å². The first-order valence-corrected chi connectivity index (χ1v) is 20.5. The number of thioether (sulfide) groups is 1. The van der Waals surface area contributed by atoms with Crippen molar-refractivity contribution in [3.63, 3.8) is 0 Å². The monoisotopic (exact) mass is 752 g/mol. The molecular weight excluding hydrogens is 725 g/mol. The summed E-state index contributed by atoms with van der Waals surface area (Å²) in [4.78, 5) is 31.5. The summed E-state index contributed by atoms with van der Waals surface area (Å²) in [7, 11) is -10.6. The van der Waals surface area contributed by atoms with Crippen molar-refractivity contribution in [3.8, 4) is 0 Å². The van der Waals surface area contributed by atoms with Gasteiger partial charge in [0.1, 0.15) is 10.7 Å². The van der Waals surface area contributed by atoms with Gasteiger partial charge in [0.05, 0.1) is 38.4 Å². The van der Waals surface area contributed by atoms with Gasteiger partial charge in [-0.2, -0.15) is 28.6 Å². The van der Waals surface area contributed by atoms with Crippen molar-refractivity contribution in [1.29, 1.82) is 0 Å². The highest BCUT2D eigenvalue weighted by Gasteiger charge is 2.25. The Morgan fingerprint density at radius 3 is 2.24 bits per heavy atom. The van der Waals surface area contributed by atoms with Crippen LogP contribution in [0.4, 0.5) is 11.4 Å². The minimum atomic E-state index is -5.03. The molecule has 0 spiro atoms. The maximum Gasteiger partial charge on any atom is 0.296 e. The summed E-state index contributed by atoms with van der Waals surface area (Å²) in [5, 5.41) is 14.6. The number of benzene rings is 4. The van der Waals surface area contributed by atoms with E-state index in [9.17, 15) is 40.3 Å². The maximum atomic E-state index is 14.2. The number of hydrogen-bond acceptors (Lipinski definition) is 11. The van der Waals surface area contributed by atoms with Crippen LogP contribution in [0.1, 0.15) is 12.0 Å². The van der Waals surface area contributed by atoms with Gasteiger partial charge in [-0.25, -0.2) is 4.98 Å². The van der Waals surface area contributed by atoms with E-state index in [1.54, 1.807) is 78.9 Å². The smallest absolute Gasteiger partial charge is 0.296 e. The Bertz CT molecular complexity index is 2760. The van der Waals surface area contributed by atoms with E-state index in [-0.39, 0.29) is 61.0 Å². The van der Waals surface area contributed by atoms with Crippen LogP contribution >= 0.6 is 11.8 Å². The van der Waals surface area contributed by atoms with E-state index in [1.807, 2.05) is 0 Å². The zero-order chi connectivity index (χ0) is 35.8. The Morgan fingerprint density at radius 1 is 0.840 bits per heavy atom. The molecule has 1 unspecified atom stereocenters. The van der Waals surface area contributed by atoms with Crippen molar-refractivity contribution in [2.75, 3.05) is 28.3 Å². The Balaban J connectivity index is 1.54. The predicted octanol–water partition coefficient (Wildman–Crippen LogP) is 3.81. The second kappa shape index (κ2) is 14.0. The third kappa shape index (κ3) is 7.21. The molecule has 1 heterocycles. The van der Waals surface area contributed by atoms with Crippen LogP contribution in [-0.4, -0.2) is 63.3 Å². The Kier molecular flexibility index (Phi) is 9.94. The molecule has 16 heteroatoms. The molecule has 0 fully saturated rings. The number of hydrogen-bond donors (Lipinski definition) is 4. The van der Waals surface area contributed by atoms with Gasteiger partial charge in [-0.15, -0.1) is 0 Å². The topological polar surface area (TPSA) is 205 Å². The lowest BCUT2D eigenvalue weighted by molar-refractivity contribution is 0.480. The first-order chi connectivity index (χ1) is 23.7. The number of nitrogens with zero attached hydrogens (tertiary/aromatic N) is 1. The lowest BCUT2D eigenvalue weighted by atomic mass is 9.96. The highest BCUT2D eigenvalue weighted by Crippen LogP contribution is 2.32. The molecule has 0 radical (unpaired) electrons. The third-order valence-electron chi connectivity index (χ3n) is 7.90. The van der Waals surface area contributed by atoms with E-state index in [0.717, 1.165) is 6.07 Å². The molecular formula is C34H28N2O10S4. The number of anilines is 2. The average Bonchev–Trinajstić information content (AvgIpc) is 3.07. The van der Waals surface area contributed by atoms with Crippen molar-refractivity contribution in [1.82, 2.24) is 4.98 Å². The van der Waals surface area contributed by atoms with Gasteiger partial charge in [0.15, 0.2) is 5.43 Å². The first-order valence-electron chi connectivity index (χ1n) is 15.0. The molecule has 1 aliphatic carbocycles. The van der Waals surface area contributed by atoms with Crippen LogP contribution in [0.3, 0.4) is 0 Å². The van der Waals surface area contributed by atoms with Crippen LogP contribution in [0.15, 0.2) is 104 Å². The fourth-order valence-corrected chi connectivity index (χ4v) is 9.46. The van der Waals surface area contributed by atoms with Crippen LogP contribution in [0, 0.1) is 10.4 Å². The van der Waals surface area contributed by atoms with E-state index < -0.39 is 58.2 Å². The standard InChI is InChI=1S/C34H28N2O10S4/c37-32(20-8-2-1-3-9-20)30-27-23-12-4-5-13-24(23)33(38)28-25(19-26(50(44,45)46)31(29(27)28)36-34(30)39)35-21-10-6-11-22(18-21)48(40)16-15-47-14-7-17-49(41,42)43/h1-6,8-13,18-19,35,37H,7,14-17H2,(H,41,42,43)(H,44,45,46). The predicted molar refractivity (Wildman–Crippen MR) is 194 cm³/mol. The molecule has 0 amide bonds. The summed E-state index contributed by atoms with van der Waals surface area (Å²) < 4.78 is 79.7. The zero-order valence-corrected chi connectivity index (χ0v) is 29.2. The molecule has 258 valence electrons. The van der Waals surface area contributed by atoms with Gasteiger partial charge in [-0.3, -0.25) is 22.9 Å². The summed E-state index contributed by atoms with van der Waals surface area (Å²) in [5.41, 5.74) is -1.38. The normalized spacial score (nSPS) is 13.6. The number of fused-ring (bicyclic) bond motifs is 2. The van der Waals surface area contributed by atoms with E-state index in [1.165, 1.54) is 11.8 Å². The quantitative estimate of drug-likeness (QED) is 0.104. The number of aromatic nitrogens is 1. The molecule has 12 nitrogen and oxygen atoms in total. The van der Waals surface area contributed by atoms with Crippen LogP contribution in [-0.2, 0) is 31.0 Å². The third-order valence-corrected chi connectivity index (χ3v) is 12.3. The summed E-state index contributed by atoms with van der Waals surface area (Å²) in [5.74, 6) is 0.339. The van der Waals surface area contributed by atoms with Gasteiger partial charge in [-0.1, -0.05) is 60.7 Å². The minimum Gasteiger partial charge on any atom is -0.506 e. The van der Waals surface area contributed by atoms with Gasteiger partial charge < -0.3 is 10.4 Å². The molecule has 0 bridgehead atoms. The van der Waals surface area contributed by atoms with Crippen molar-refractivity contribution in [2.24, 2.45) is 0 Å². The van der Waals surface area contributed by atoms with Crippen molar-refractivity contribution in [3.05, 3.63) is 127 Å². The Hall–Kier alpha value is -4.45. The highest BCUT2D eigenvalue weighted by molar-refractivity contribution is 8.00. The fraction of sp³-hybridized carbons (Fsp3) is 0.147. The SMILES string of the molecule is O=c1nc2c(S(=O)(=O)O)cc(Nc3cccc(S(=O)CCSCCCS(=O)(=O)O)c3)c3c2=c(c1=C(O)c1ccccc1)c1ccccc1c3=O. The molecule has 4 N–H and O–H groups in total. The number of rotatable bonds is 12. The molecule has 6 rings (SSSR count). The van der Waals surface area contributed by atoms with Gasteiger partial charge in [-0.05, 0) is 41.8 Å². The first kappa shape index (κ1) is 35.4. The van der Waals surface area contributed by atoms with Crippen molar-refractivity contribution >= 4 is 81.6 Å². The molecule has 2 aliphatic rings. The highest BCUT2D eigenvalue weighted by atomic mass is 32.2. The fourth-order valence-electron chi connectivity index (χ4n) is 5.75. The van der Waals surface area contributed by atoms with E-state index >= 15 is 0 Å². The Labute approximate surface area is 291 Å². The summed E-state index contributed by atoms with van der Waals surface area (Å²) in [6, 6.07) is 22.0. The maximum absolute atomic E-state index is 14.2. The molecule has 50 heavy (non-hydrogen) atoms. The van der Waals surface area contributed by atoms with Gasteiger partial charge in [0.2, 0.25) is 0 Å². The van der Waals surface area contributed by atoms with Crippen LogP contribution in [0.25, 0.3) is 27.4 Å². The average molecular weight is 753 g/mol. The minimum absolute atomic E-state index is 0.0474. The van der Waals surface area contributed by atoms with Crippen LogP contribution in [0.2, 0.25) is 0 Å². The van der Waals surface area contributed by atoms with E-state index in [4.69, 9.17) is 4.55 Å². The lowest BCUT2D eigenvalue weighted by Crippen LogP contribution is -2.33. The molecule has 0 saturated carbocycles. The molecule has 4 aromatic carbocycles. The van der Waals surface area contributed by atoms with Crippen molar-refractivity contribution in [2.45, 2.75) is 16.2 Å². The number of aliphatic hydroxyl groups is 1. The van der Waals surface area contributed by atoms with Gasteiger partial charge >= 0.3 is 0 Å². The van der Waals surface area contributed by atoms with Gasteiger partial charge in [0, 0.05) is 43.5 Å². The second-order valence-corrected chi connectivity index (χ2v) is 17.0. The summed E-state index contributed by atoms with van der Waals surface area (Å²) >= 11 is 1.39. The molecule has 4 aromatic rings. The largest absolute Gasteiger partial charge is 0.506 e. The molecule has 0 saturated heterocycles. The van der Waals surface area contributed by atoms with Crippen LogP contribution in [0.5, 0.6) is 0 Å². The zero-order valence-electron chi connectivity index (χ0n) is 25.9. The van der Waals surface area contributed by atoms with Gasteiger partial charge in [0.25, 0.3) is 25.8 Å².